The van der Waals surface area contributed by atoms with Crippen molar-refractivity contribution in [2.75, 3.05) is 14.2 Å². The van der Waals surface area contributed by atoms with Crippen LogP contribution in [0.5, 0.6) is 0 Å². The molecule has 0 aliphatic heterocycles. The number of esters is 1. The normalized spacial score (nSPS) is 16.6. The molecule has 19 heavy (non-hydrogen) atoms. The standard InChI is InChI=1S/C14H19NO4/c1-9(10-5-4-6-10)15(2)13(16)12-7-11(8-19-12)14(17)18-3/h7-10H,4-6H2,1-3H3/t9-/m0/s1. The van der Waals surface area contributed by atoms with E-state index in [1.165, 1.54) is 38.7 Å². The van der Waals surface area contributed by atoms with Gasteiger partial charge in [-0.25, -0.2) is 4.79 Å². The SMILES string of the molecule is COC(=O)c1coc(C(=O)N(C)[C@@H](C)C2CCC2)c1. The number of furan rings is 1. The minimum Gasteiger partial charge on any atom is -0.465 e. The molecule has 0 N–H and O–H groups in total. The molecule has 1 aromatic rings. The molecular weight excluding hydrogens is 246 g/mol. The van der Waals surface area contributed by atoms with Gasteiger partial charge in [0.05, 0.1) is 12.7 Å². The van der Waals surface area contributed by atoms with Crippen molar-refractivity contribution in [2.24, 2.45) is 5.92 Å². The average molecular weight is 265 g/mol. The van der Waals surface area contributed by atoms with E-state index in [0.29, 0.717) is 5.92 Å². The minimum absolute atomic E-state index is 0.175. The Labute approximate surface area is 112 Å². The van der Waals surface area contributed by atoms with Gasteiger partial charge in [0.1, 0.15) is 6.26 Å². The summed E-state index contributed by atoms with van der Waals surface area (Å²) in [5.74, 6) is 0.0464. The van der Waals surface area contributed by atoms with Crippen LogP contribution in [0.3, 0.4) is 0 Å². The first-order chi connectivity index (χ1) is 9.04. The lowest BCUT2D eigenvalue weighted by Crippen LogP contribution is -2.42. The Bertz CT molecular complexity index is 476. The van der Waals surface area contributed by atoms with Crippen LogP contribution in [-0.4, -0.2) is 37.0 Å². The quantitative estimate of drug-likeness (QED) is 0.784. The molecule has 0 saturated heterocycles. The number of hydrogen-bond acceptors (Lipinski definition) is 4. The number of methoxy groups -OCH3 is 1. The van der Waals surface area contributed by atoms with Crippen molar-refractivity contribution in [3.63, 3.8) is 0 Å². The molecule has 1 aliphatic rings. The maximum atomic E-state index is 12.2. The van der Waals surface area contributed by atoms with Gasteiger partial charge in [0, 0.05) is 19.2 Å². The second kappa shape index (κ2) is 5.47. The van der Waals surface area contributed by atoms with Gasteiger partial charge in [0.15, 0.2) is 5.76 Å². The van der Waals surface area contributed by atoms with E-state index in [0.717, 1.165) is 0 Å². The summed E-state index contributed by atoms with van der Waals surface area (Å²) < 4.78 is 9.74. The van der Waals surface area contributed by atoms with Crippen LogP contribution in [0.15, 0.2) is 16.7 Å². The maximum Gasteiger partial charge on any atom is 0.341 e. The van der Waals surface area contributed by atoms with Crippen LogP contribution in [0.2, 0.25) is 0 Å². The summed E-state index contributed by atoms with van der Waals surface area (Å²) in [4.78, 5) is 25.2. The van der Waals surface area contributed by atoms with Gasteiger partial charge in [-0.05, 0) is 25.7 Å². The van der Waals surface area contributed by atoms with Crippen LogP contribution in [0.4, 0.5) is 0 Å². The smallest absolute Gasteiger partial charge is 0.341 e. The Kier molecular flexibility index (Phi) is 3.93. The van der Waals surface area contributed by atoms with Gasteiger partial charge in [-0.2, -0.15) is 0 Å². The molecule has 0 radical (unpaired) electrons. The number of ether oxygens (including phenoxy) is 1. The summed E-state index contributed by atoms with van der Waals surface area (Å²) in [7, 11) is 3.06. The molecule has 1 amide bonds. The molecule has 2 rings (SSSR count). The highest BCUT2D eigenvalue weighted by Gasteiger charge is 2.30. The summed E-state index contributed by atoms with van der Waals surface area (Å²) in [5.41, 5.74) is 0.260. The van der Waals surface area contributed by atoms with Crippen LogP contribution in [0.25, 0.3) is 0 Å². The lowest BCUT2D eigenvalue weighted by Gasteiger charge is -2.36. The highest BCUT2D eigenvalue weighted by atomic mass is 16.5. The third-order valence-electron chi connectivity index (χ3n) is 3.99. The Balaban J connectivity index is 2.06. The molecule has 0 unspecified atom stereocenters. The lowest BCUT2D eigenvalue weighted by molar-refractivity contribution is 0.0592. The summed E-state index contributed by atoms with van der Waals surface area (Å²) in [6, 6.07) is 1.62. The molecule has 1 heterocycles. The topological polar surface area (TPSA) is 59.8 Å². The summed E-state index contributed by atoms with van der Waals surface area (Å²) >= 11 is 0. The van der Waals surface area contributed by atoms with Crippen molar-refractivity contribution in [1.82, 2.24) is 4.90 Å². The van der Waals surface area contributed by atoms with Crippen LogP contribution in [0, 0.1) is 5.92 Å². The zero-order valence-corrected chi connectivity index (χ0v) is 11.5. The number of nitrogens with zero attached hydrogens (tertiary/aromatic N) is 1. The number of hydrogen-bond donors (Lipinski definition) is 0. The Morgan fingerprint density at radius 2 is 2.16 bits per heavy atom. The van der Waals surface area contributed by atoms with Gasteiger partial charge < -0.3 is 14.1 Å². The molecule has 1 fully saturated rings. The molecule has 1 aromatic heterocycles. The first-order valence-electron chi connectivity index (χ1n) is 6.48. The third-order valence-corrected chi connectivity index (χ3v) is 3.99. The Hall–Kier alpha value is -1.78. The molecule has 1 aliphatic carbocycles. The molecule has 0 spiro atoms. The van der Waals surface area contributed by atoms with Gasteiger partial charge in [0.25, 0.3) is 5.91 Å². The zero-order chi connectivity index (χ0) is 14.0. The largest absolute Gasteiger partial charge is 0.465 e. The molecule has 0 aromatic carbocycles. The lowest BCUT2D eigenvalue weighted by atomic mass is 9.80. The Morgan fingerprint density at radius 3 is 2.68 bits per heavy atom. The van der Waals surface area contributed by atoms with E-state index >= 15 is 0 Å². The van der Waals surface area contributed by atoms with Crippen molar-refractivity contribution >= 4 is 11.9 Å². The predicted molar refractivity (Wildman–Crippen MR) is 68.9 cm³/mol. The minimum atomic E-state index is -0.502. The van der Waals surface area contributed by atoms with Crippen molar-refractivity contribution < 1.29 is 18.7 Å². The molecule has 5 heteroatoms. The second-order valence-electron chi connectivity index (χ2n) is 5.04. The average Bonchev–Trinajstić information content (AvgIpc) is 2.83. The fraction of sp³-hybridized carbons (Fsp3) is 0.571. The fourth-order valence-corrected chi connectivity index (χ4v) is 2.27. The molecular formula is C14H19NO4. The van der Waals surface area contributed by atoms with Gasteiger partial charge >= 0.3 is 5.97 Å². The number of rotatable bonds is 4. The van der Waals surface area contributed by atoms with E-state index in [1.54, 1.807) is 11.9 Å². The van der Waals surface area contributed by atoms with E-state index in [2.05, 4.69) is 4.74 Å². The zero-order valence-electron chi connectivity index (χ0n) is 11.5. The highest BCUT2D eigenvalue weighted by molar-refractivity contribution is 5.96. The molecule has 1 saturated carbocycles. The van der Waals surface area contributed by atoms with Gasteiger partial charge in [0.2, 0.25) is 0 Å². The van der Waals surface area contributed by atoms with Crippen LogP contribution in [0.1, 0.15) is 47.1 Å². The van der Waals surface area contributed by atoms with Crippen molar-refractivity contribution in [2.45, 2.75) is 32.2 Å². The van der Waals surface area contributed by atoms with E-state index in [9.17, 15) is 9.59 Å². The predicted octanol–water partition coefficient (Wildman–Crippen LogP) is 2.33. The van der Waals surface area contributed by atoms with Crippen molar-refractivity contribution in [1.29, 1.82) is 0 Å². The second-order valence-corrected chi connectivity index (χ2v) is 5.04. The van der Waals surface area contributed by atoms with Gasteiger partial charge in [-0.1, -0.05) is 6.42 Å². The first-order valence-corrected chi connectivity index (χ1v) is 6.48. The summed E-state index contributed by atoms with van der Waals surface area (Å²) in [5, 5.41) is 0. The van der Waals surface area contributed by atoms with E-state index in [1.807, 2.05) is 6.92 Å². The van der Waals surface area contributed by atoms with E-state index in [4.69, 9.17) is 4.42 Å². The molecule has 104 valence electrons. The van der Waals surface area contributed by atoms with E-state index < -0.39 is 5.97 Å². The van der Waals surface area contributed by atoms with Crippen molar-refractivity contribution in [3.8, 4) is 0 Å². The van der Waals surface area contributed by atoms with E-state index in [-0.39, 0.29) is 23.3 Å². The maximum absolute atomic E-state index is 12.2. The fourth-order valence-electron chi connectivity index (χ4n) is 2.27. The number of carbonyl (C=O) groups excluding carboxylic acids is 2. The number of carbonyl (C=O) groups is 2. The molecule has 1 atom stereocenters. The third kappa shape index (κ3) is 2.64. The summed E-state index contributed by atoms with van der Waals surface area (Å²) in [6.45, 7) is 2.05. The highest BCUT2D eigenvalue weighted by Crippen LogP contribution is 2.32. The number of amides is 1. The monoisotopic (exact) mass is 265 g/mol. The Morgan fingerprint density at radius 1 is 1.47 bits per heavy atom. The van der Waals surface area contributed by atoms with Crippen LogP contribution >= 0.6 is 0 Å². The summed E-state index contributed by atoms with van der Waals surface area (Å²) in [6.07, 6.45) is 4.83. The van der Waals surface area contributed by atoms with Crippen LogP contribution in [-0.2, 0) is 4.74 Å². The first kappa shape index (κ1) is 13.6. The molecule has 5 nitrogen and oxygen atoms in total. The van der Waals surface area contributed by atoms with Gasteiger partial charge in [-0.15, -0.1) is 0 Å². The van der Waals surface area contributed by atoms with Gasteiger partial charge in [-0.3, -0.25) is 4.79 Å². The molecule has 0 bridgehead atoms. The van der Waals surface area contributed by atoms with Crippen molar-refractivity contribution in [3.05, 3.63) is 23.7 Å². The van der Waals surface area contributed by atoms with Crippen LogP contribution < -0.4 is 0 Å².